The van der Waals surface area contributed by atoms with E-state index in [1.165, 1.54) is 11.8 Å². The van der Waals surface area contributed by atoms with Crippen LogP contribution in [0.15, 0.2) is 64.6 Å². The zero-order chi connectivity index (χ0) is 16.1. The van der Waals surface area contributed by atoms with Gasteiger partial charge in [-0.2, -0.15) is 5.21 Å². The Kier molecular flexibility index (Phi) is 4.58. The van der Waals surface area contributed by atoms with E-state index >= 15 is 0 Å². The molecule has 0 radical (unpaired) electrons. The summed E-state index contributed by atoms with van der Waals surface area (Å²) < 4.78 is 27.5. The Morgan fingerprint density at radius 2 is 1.78 bits per heavy atom. The summed E-state index contributed by atoms with van der Waals surface area (Å²) >= 11 is 1.37. The van der Waals surface area contributed by atoms with Crippen LogP contribution in [0.5, 0.6) is 0 Å². The minimum absolute atomic E-state index is 0.223. The molecular formula is C14H13N5O2S2. The number of anilines is 1. The highest BCUT2D eigenvalue weighted by Crippen LogP contribution is 2.25. The molecule has 0 saturated heterocycles. The van der Waals surface area contributed by atoms with Gasteiger partial charge in [0.2, 0.25) is 5.16 Å². The maximum absolute atomic E-state index is 12.4. The highest BCUT2D eigenvalue weighted by molar-refractivity contribution is 7.98. The Balaban J connectivity index is 1.80. The molecule has 23 heavy (non-hydrogen) atoms. The highest BCUT2D eigenvalue weighted by Gasteiger charge is 2.15. The molecule has 2 aromatic carbocycles. The SMILES string of the molecule is O=S(=O)(Nc1ccccc1CSc1nn[nH]n1)c1ccccc1. The Labute approximate surface area is 137 Å². The molecule has 3 rings (SSSR count). The molecule has 7 nitrogen and oxygen atoms in total. The van der Waals surface area contributed by atoms with Gasteiger partial charge in [-0.3, -0.25) is 4.72 Å². The summed E-state index contributed by atoms with van der Waals surface area (Å²) in [7, 11) is -3.62. The summed E-state index contributed by atoms with van der Waals surface area (Å²) in [5.41, 5.74) is 1.37. The monoisotopic (exact) mass is 347 g/mol. The second kappa shape index (κ2) is 6.80. The molecule has 0 atom stereocenters. The van der Waals surface area contributed by atoms with Crippen molar-refractivity contribution in [3.63, 3.8) is 0 Å². The van der Waals surface area contributed by atoms with Crippen LogP contribution in [0.4, 0.5) is 5.69 Å². The number of aromatic nitrogens is 4. The number of tetrazole rings is 1. The van der Waals surface area contributed by atoms with Crippen molar-refractivity contribution in [2.75, 3.05) is 4.72 Å². The number of para-hydroxylation sites is 1. The zero-order valence-electron chi connectivity index (χ0n) is 11.9. The smallest absolute Gasteiger partial charge is 0.261 e. The lowest BCUT2D eigenvalue weighted by molar-refractivity contribution is 0.601. The second-order valence-corrected chi connectivity index (χ2v) is 7.18. The van der Waals surface area contributed by atoms with Gasteiger partial charge >= 0.3 is 0 Å². The van der Waals surface area contributed by atoms with E-state index < -0.39 is 10.0 Å². The van der Waals surface area contributed by atoms with E-state index in [-0.39, 0.29) is 4.90 Å². The highest BCUT2D eigenvalue weighted by atomic mass is 32.2. The largest absolute Gasteiger partial charge is 0.279 e. The lowest BCUT2D eigenvalue weighted by Gasteiger charge is -2.12. The Bertz CT molecular complexity index is 867. The van der Waals surface area contributed by atoms with E-state index in [1.54, 1.807) is 42.5 Å². The number of hydrogen-bond acceptors (Lipinski definition) is 6. The van der Waals surface area contributed by atoms with E-state index in [1.807, 2.05) is 12.1 Å². The van der Waals surface area contributed by atoms with Gasteiger partial charge in [0, 0.05) is 5.75 Å². The first-order valence-corrected chi connectivity index (χ1v) is 9.14. The van der Waals surface area contributed by atoms with Crippen molar-refractivity contribution >= 4 is 27.5 Å². The van der Waals surface area contributed by atoms with Gasteiger partial charge in [0.25, 0.3) is 10.0 Å². The lowest BCUT2D eigenvalue weighted by atomic mass is 10.2. The average molecular weight is 347 g/mol. The minimum Gasteiger partial charge on any atom is -0.279 e. The molecule has 0 unspecified atom stereocenters. The molecule has 1 heterocycles. The number of hydrogen-bond donors (Lipinski definition) is 2. The van der Waals surface area contributed by atoms with E-state index in [9.17, 15) is 8.42 Å². The number of nitrogens with zero attached hydrogens (tertiary/aromatic N) is 3. The Morgan fingerprint density at radius 3 is 2.52 bits per heavy atom. The van der Waals surface area contributed by atoms with Crippen LogP contribution in [0, 0.1) is 0 Å². The molecule has 0 fully saturated rings. The third-order valence-electron chi connectivity index (χ3n) is 3.00. The van der Waals surface area contributed by atoms with Crippen LogP contribution in [-0.4, -0.2) is 29.0 Å². The number of benzene rings is 2. The molecular weight excluding hydrogens is 334 g/mol. The maximum Gasteiger partial charge on any atom is 0.261 e. The van der Waals surface area contributed by atoms with Crippen LogP contribution in [0.2, 0.25) is 0 Å². The van der Waals surface area contributed by atoms with E-state index in [0.717, 1.165) is 5.56 Å². The van der Waals surface area contributed by atoms with Crippen LogP contribution in [0.1, 0.15) is 5.56 Å². The molecule has 0 aliphatic heterocycles. The van der Waals surface area contributed by atoms with Crippen molar-refractivity contribution in [1.82, 2.24) is 20.6 Å². The van der Waals surface area contributed by atoms with Crippen LogP contribution in [0.25, 0.3) is 0 Å². The number of aromatic amines is 1. The summed E-state index contributed by atoms with van der Waals surface area (Å²) in [5, 5.41) is 14.1. The minimum atomic E-state index is -3.62. The quantitative estimate of drug-likeness (QED) is 0.664. The van der Waals surface area contributed by atoms with Crippen molar-refractivity contribution < 1.29 is 8.42 Å². The summed E-state index contributed by atoms with van der Waals surface area (Å²) in [4.78, 5) is 0.223. The third kappa shape index (κ3) is 3.88. The van der Waals surface area contributed by atoms with Crippen LogP contribution in [0.3, 0.4) is 0 Å². The average Bonchev–Trinajstić information content (AvgIpc) is 3.08. The van der Waals surface area contributed by atoms with Gasteiger partial charge in [0.1, 0.15) is 0 Å². The van der Waals surface area contributed by atoms with Gasteiger partial charge in [-0.15, -0.1) is 10.2 Å². The van der Waals surface area contributed by atoms with E-state index in [4.69, 9.17) is 0 Å². The van der Waals surface area contributed by atoms with E-state index in [2.05, 4.69) is 25.3 Å². The van der Waals surface area contributed by atoms with Gasteiger partial charge in [-0.25, -0.2) is 8.42 Å². The molecule has 118 valence electrons. The van der Waals surface area contributed by atoms with E-state index in [0.29, 0.717) is 16.6 Å². The number of H-pyrrole nitrogens is 1. The maximum atomic E-state index is 12.4. The van der Waals surface area contributed by atoms with Crippen LogP contribution in [-0.2, 0) is 15.8 Å². The third-order valence-corrected chi connectivity index (χ3v) is 5.27. The topological polar surface area (TPSA) is 101 Å². The summed E-state index contributed by atoms with van der Waals surface area (Å²) in [6.45, 7) is 0. The lowest BCUT2D eigenvalue weighted by Crippen LogP contribution is -2.14. The van der Waals surface area contributed by atoms with Gasteiger partial charge in [-0.1, -0.05) is 48.2 Å². The predicted molar refractivity (Wildman–Crippen MR) is 87.4 cm³/mol. The second-order valence-electron chi connectivity index (χ2n) is 4.56. The van der Waals surface area contributed by atoms with Crippen molar-refractivity contribution in [3.8, 4) is 0 Å². The van der Waals surface area contributed by atoms with Crippen molar-refractivity contribution in [2.24, 2.45) is 0 Å². The van der Waals surface area contributed by atoms with Gasteiger partial charge < -0.3 is 0 Å². The number of nitrogens with one attached hydrogen (secondary N) is 2. The first-order valence-electron chi connectivity index (χ1n) is 6.67. The van der Waals surface area contributed by atoms with Crippen molar-refractivity contribution in [3.05, 3.63) is 60.2 Å². The van der Waals surface area contributed by atoms with Crippen molar-refractivity contribution in [2.45, 2.75) is 15.8 Å². The first kappa shape index (κ1) is 15.5. The molecule has 0 amide bonds. The normalized spacial score (nSPS) is 11.3. The van der Waals surface area contributed by atoms with Crippen molar-refractivity contribution in [1.29, 1.82) is 0 Å². The molecule has 0 aliphatic carbocycles. The summed E-state index contributed by atoms with van der Waals surface area (Å²) in [5.74, 6) is 0.521. The summed E-state index contributed by atoms with van der Waals surface area (Å²) in [6.07, 6.45) is 0. The fourth-order valence-corrected chi connectivity index (χ4v) is 3.77. The zero-order valence-corrected chi connectivity index (χ0v) is 13.5. The summed E-state index contributed by atoms with van der Waals surface area (Å²) in [6, 6.07) is 15.5. The molecule has 0 saturated carbocycles. The van der Waals surface area contributed by atoms with Crippen LogP contribution < -0.4 is 4.72 Å². The molecule has 0 aliphatic rings. The number of sulfonamides is 1. The van der Waals surface area contributed by atoms with Gasteiger partial charge in [0.05, 0.1) is 10.6 Å². The Morgan fingerprint density at radius 1 is 1.04 bits per heavy atom. The first-order chi connectivity index (χ1) is 11.1. The fourth-order valence-electron chi connectivity index (χ4n) is 1.91. The van der Waals surface area contributed by atoms with Gasteiger partial charge in [-0.05, 0) is 29.0 Å². The standard InChI is InChI=1S/C14H13N5O2S2/c20-23(21,12-7-2-1-3-8-12)17-13-9-5-4-6-11(13)10-22-14-15-18-19-16-14/h1-9,17H,10H2,(H,15,16,18,19). The molecule has 2 N–H and O–H groups in total. The fraction of sp³-hybridized carbons (Fsp3) is 0.0714. The predicted octanol–water partition coefficient (Wildman–Crippen LogP) is 2.29. The molecule has 0 spiro atoms. The van der Waals surface area contributed by atoms with Gasteiger partial charge in [0.15, 0.2) is 0 Å². The molecule has 0 bridgehead atoms. The van der Waals surface area contributed by atoms with Crippen LogP contribution >= 0.6 is 11.8 Å². The number of rotatable bonds is 6. The number of thioether (sulfide) groups is 1. The molecule has 1 aromatic heterocycles. The molecule has 9 heteroatoms. The Hall–Kier alpha value is -2.39. The molecule has 3 aromatic rings.